The van der Waals surface area contributed by atoms with Gasteiger partial charge in [-0.25, -0.2) is 0 Å². The molecule has 18 heavy (non-hydrogen) atoms. The molecule has 2 atom stereocenters. The Morgan fingerprint density at radius 2 is 2.17 bits per heavy atom. The van der Waals surface area contributed by atoms with E-state index in [9.17, 15) is 5.11 Å². The van der Waals surface area contributed by atoms with Gasteiger partial charge in [0.1, 0.15) is 11.9 Å². The highest BCUT2D eigenvalue weighted by atomic mass is 16.5. The molecule has 0 aromatic heterocycles. The van der Waals surface area contributed by atoms with Gasteiger partial charge in [0.15, 0.2) is 0 Å². The standard InChI is InChI=1S/C15H22O3/c1-10(2)12-5-4-11(3)8-14(12)18-15-9-17-7-6-13(15)16/h4-5,8,10,13,15-16H,6-7,9H2,1-3H3. The molecule has 2 unspecified atom stereocenters. The zero-order valence-electron chi connectivity index (χ0n) is 11.3. The normalized spacial score (nSPS) is 24.3. The van der Waals surface area contributed by atoms with Crippen LogP contribution in [0.1, 0.15) is 37.3 Å². The van der Waals surface area contributed by atoms with Crippen LogP contribution in [0.25, 0.3) is 0 Å². The zero-order chi connectivity index (χ0) is 13.1. The van der Waals surface area contributed by atoms with Crippen molar-refractivity contribution in [3.8, 4) is 5.75 Å². The van der Waals surface area contributed by atoms with Crippen LogP contribution in [0.3, 0.4) is 0 Å². The minimum atomic E-state index is -0.431. The highest BCUT2D eigenvalue weighted by Gasteiger charge is 2.26. The van der Waals surface area contributed by atoms with Crippen molar-refractivity contribution >= 4 is 0 Å². The Balaban J connectivity index is 2.18. The van der Waals surface area contributed by atoms with E-state index < -0.39 is 6.10 Å². The number of hydrogen-bond acceptors (Lipinski definition) is 3. The second-order valence-electron chi connectivity index (χ2n) is 5.28. The first-order chi connectivity index (χ1) is 8.58. The molecule has 0 bridgehead atoms. The number of ether oxygens (including phenoxy) is 2. The largest absolute Gasteiger partial charge is 0.485 e. The lowest BCUT2D eigenvalue weighted by Crippen LogP contribution is -2.41. The summed E-state index contributed by atoms with van der Waals surface area (Å²) in [4.78, 5) is 0. The molecular formula is C15H22O3. The van der Waals surface area contributed by atoms with Crippen LogP contribution in [0, 0.1) is 6.92 Å². The lowest BCUT2D eigenvalue weighted by molar-refractivity contribution is -0.0738. The van der Waals surface area contributed by atoms with Gasteiger partial charge in [-0.2, -0.15) is 0 Å². The molecule has 1 N–H and O–H groups in total. The van der Waals surface area contributed by atoms with Crippen LogP contribution in [-0.4, -0.2) is 30.5 Å². The first-order valence-electron chi connectivity index (χ1n) is 6.61. The number of aliphatic hydroxyl groups excluding tert-OH is 1. The van der Waals surface area contributed by atoms with Gasteiger partial charge < -0.3 is 14.6 Å². The highest BCUT2D eigenvalue weighted by molar-refractivity contribution is 5.39. The van der Waals surface area contributed by atoms with Crippen molar-refractivity contribution < 1.29 is 14.6 Å². The van der Waals surface area contributed by atoms with Crippen LogP contribution in [0.4, 0.5) is 0 Å². The molecule has 2 rings (SSSR count). The number of hydrogen-bond donors (Lipinski definition) is 1. The average molecular weight is 250 g/mol. The molecule has 3 heteroatoms. The van der Waals surface area contributed by atoms with E-state index in [4.69, 9.17) is 9.47 Å². The minimum Gasteiger partial charge on any atom is -0.485 e. The molecule has 0 spiro atoms. The van der Waals surface area contributed by atoms with Gasteiger partial charge in [0.2, 0.25) is 0 Å². The van der Waals surface area contributed by atoms with Crippen LogP contribution < -0.4 is 4.74 Å². The third-order valence-electron chi connectivity index (χ3n) is 3.34. The monoisotopic (exact) mass is 250 g/mol. The first kappa shape index (κ1) is 13.4. The van der Waals surface area contributed by atoms with Crippen LogP contribution in [-0.2, 0) is 4.74 Å². The molecule has 100 valence electrons. The summed E-state index contributed by atoms with van der Waals surface area (Å²) in [6, 6.07) is 6.23. The summed E-state index contributed by atoms with van der Waals surface area (Å²) in [6.07, 6.45) is -0.0367. The van der Waals surface area contributed by atoms with Gasteiger partial charge in [-0.05, 0) is 30.0 Å². The molecule has 1 saturated heterocycles. The summed E-state index contributed by atoms with van der Waals surface area (Å²) in [6.45, 7) is 7.42. The van der Waals surface area contributed by atoms with Crippen LogP contribution in [0.5, 0.6) is 5.75 Å². The Morgan fingerprint density at radius 3 is 2.83 bits per heavy atom. The molecule has 1 heterocycles. The van der Waals surface area contributed by atoms with E-state index >= 15 is 0 Å². The van der Waals surface area contributed by atoms with Gasteiger partial charge >= 0.3 is 0 Å². The van der Waals surface area contributed by atoms with Crippen molar-refractivity contribution in [1.29, 1.82) is 0 Å². The van der Waals surface area contributed by atoms with Crippen molar-refractivity contribution in [2.45, 2.75) is 45.3 Å². The van der Waals surface area contributed by atoms with Crippen molar-refractivity contribution in [2.75, 3.05) is 13.2 Å². The zero-order valence-corrected chi connectivity index (χ0v) is 11.3. The van der Waals surface area contributed by atoms with Crippen LogP contribution >= 0.6 is 0 Å². The molecule has 1 aromatic rings. The van der Waals surface area contributed by atoms with Gasteiger partial charge in [0.05, 0.1) is 12.7 Å². The van der Waals surface area contributed by atoms with Crippen molar-refractivity contribution in [3.05, 3.63) is 29.3 Å². The Morgan fingerprint density at radius 1 is 1.39 bits per heavy atom. The third-order valence-corrected chi connectivity index (χ3v) is 3.34. The van der Waals surface area contributed by atoms with E-state index in [0.29, 0.717) is 25.6 Å². The summed E-state index contributed by atoms with van der Waals surface area (Å²) in [5.41, 5.74) is 2.35. The predicted octanol–water partition coefficient (Wildman–Crippen LogP) is 2.65. The van der Waals surface area contributed by atoms with Crippen molar-refractivity contribution in [1.82, 2.24) is 0 Å². The van der Waals surface area contributed by atoms with Gasteiger partial charge in [0, 0.05) is 13.0 Å². The maximum Gasteiger partial charge on any atom is 0.148 e. The SMILES string of the molecule is Cc1ccc(C(C)C)c(OC2COCCC2O)c1. The Bertz CT molecular complexity index is 401. The maximum absolute atomic E-state index is 9.92. The van der Waals surface area contributed by atoms with E-state index in [1.807, 2.05) is 13.0 Å². The number of rotatable bonds is 3. The fourth-order valence-electron chi connectivity index (χ4n) is 2.20. The van der Waals surface area contributed by atoms with Gasteiger partial charge in [-0.15, -0.1) is 0 Å². The summed E-state index contributed by atoms with van der Waals surface area (Å²) >= 11 is 0. The molecule has 0 saturated carbocycles. The second kappa shape index (κ2) is 5.72. The fourth-order valence-corrected chi connectivity index (χ4v) is 2.20. The highest BCUT2D eigenvalue weighted by Crippen LogP contribution is 2.29. The predicted molar refractivity (Wildman–Crippen MR) is 71.1 cm³/mol. The van der Waals surface area contributed by atoms with E-state index in [1.165, 1.54) is 11.1 Å². The molecule has 0 radical (unpaired) electrons. The van der Waals surface area contributed by atoms with Gasteiger partial charge in [-0.3, -0.25) is 0 Å². The van der Waals surface area contributed by atoms with E-state index in [-0.39, 0.29) is 6.10 Å². The topological polar surface area (TPSA) is 38.7 Å². The summed E-state index contributed by atoms with van der Waals surface area (Å²) in [7, 11) is 0. The first-order valence-corrected chi connectivity index (χ1v) is 6.61. The van der Waals surface area contributed by atoms with Crippen LogP contribution in [0.2, 0.25) is 0 Å². The second-order valence-corrected chi connectivity index (χ2v) is 5.28. The molecule has 1 fully saturated rings. The van der Waals surface area contributed by atoms with Crippen molar-refractivity contribution in [2.24, 2.45) is 0 Å². The molecule has 0 amide bonds. The molecule has 0 aliphatic carbocycles. The Labute approximate surface area is 109 Å². The summed E-state index contributed by atoms with van der Waals surface area (Å²) < 4.78 is 11.3. The number of aliphatic hydroxyl groups is 1. The van der Waals surface area contributed by atoms with Crippen molar-refractivity contribution in [3.63, 3.8) is 0 Å². The minimum absolute atomic E-state index is 0.252. The molecule has 1 aliphatic heterocycles. The lowest BCUT2D eigenvalue weighted by Gasteiger charge is -2.29. The smallest absolute Gasteiger partial charge is 0.148 e. The number of benzene rings is 1. The quantitative estimate of drug-likeness (QED) is 0.896. The van der Waals surface area contributed by atoms with E-state index in [1.54, 1.807) is 0 Å². The fraction of sp³-hybridized carbons (Fsp3) is 0.600. The molecule has 1 aromatic carbocycles. The Hall–Kier alpha value is -1.06. The third kappa shape index (κ3) is 3.03. The summed E-state index contributed by atoms with van der Waals surface area (Å²) in [5, 5.41) is 9.92. The van der Waals surface area contributed by atoms with E-state index in [0.717, 1.165) is 5.75 Å². The van der Waals surface area contributed by atoms with Crippen LogP contribution in [0.15, 0.2) is 18.2 Å². The maximum atomic E-state index is 9.92. The molecule has 1 aliphatic rings. The lowest BCUT2D eigenvalue weighted by atomic mass is 10.0. The average Bonchev–Trinajstić information content (AvgIpc) is 2.32. The Kier molecular flexibility index (Phi) is 4.25. The van der Waals surface area contributed by atoms with E-state index in [2.05, 4.69) is 26.0 Å². The number of aryl methyl sites for hydroxylation is 1. The molecular weight excluding hydrogens is 228 g/mol. The molecule has 3 nitrogen and oxygen atoms in total. The summed E-state index contributed by atoms with van der Waals surface area (Å²) in [5.74, 6) is 1.28. The van der Waals surface area contributed by atoms with Gasteiger partial charge in [0.25, 0.3) is 0 Å². The van der Waals surface area contributed by atoms with Gasteiger partial charge in [-0.1, -0.05) is 26.0 Å².